The van der Waals surface area contributed by atoms with E-state index in [1.54, 1.807) is 27.7 Å². The molecule has 0 aromatic heterocycles. The SMILES string of the molecule is CCOC(=O)c1cccc(OC(=O)OOC(C)(C)C)c1CC(C)(C)C(=O)O. The molecule has 1 aromatic carbocycles. The Kier molecular flexibility index (Phi) is 7.36. The standard InChI is InChI=1S/C19H26O8/c1-7-24-15(20)12-9-8-10-14(13(12)11-19(5,6)16(21)22)25-17(23)26-27-18(2,3)4/h8-10H,7,11H2,1-6H3,(H,21,22). The van der Waals surface area contributed by atoms with E-state index in [1.165, 1.54) is 32.0 Å². The largest absolute Gasteiger partial charge is 0.546 e. The monoisotopic (exact) mass is 382 g/mol. The molecule has 0 aliphatic rings. The average Bonchev–Trinajstić information content (AvgIpc) is 2.53. The van der Waals surface area contributed by atoms with Gasteiger partial charge >= 0.3 is 18.1 Å². The summed E-state index contributed by atoms with van der Waals surface area (Å²) in [4.78, 5) is 45.2. The molecule has 0 bridgehead atoms. The summed E-state index contributed by atoms with van der Waals surface area (Å²) in [6.07, 6.45) is -1.21. The first-order valence-corrected chi connectivity index (χ1v) is 8.47. The number of carboxylic acids is 1. The lowest BCUT2D eigenvalue weighted by molar-refractivity contribution is -0.307. The van der Waals surface area contributed by atoms with E-state index in [9.17, 15) is 19.5 Å². The summed E-state index contributed by atoms with van der Waals surface area (Å²) in [5.41, 5.74) is -1.60. The molecule has 27 heavy (non-hydrogen) atoms. The number of rotatable bonds is 7. The summed E-state index contributed by atoms with van der Waals surface area (Å²) in [6, 6.07) is 4.42. The zero-order valence-electron chi connectivity index (χ0n) is 16.5. The average molecular weight is 382 g/mol. The summed E-state index contributed by atoms with van der Waals surface area (Å²) < 4.78 is 10.2. The fourth-order valence-electron chi connectivity index (χ4n) is 2.03. The Morgan fingerprint density at radius 3 is 2.22 bits per heavy atom. The normalized spacial score (nSPS) is 11.6. The molecule has 0 spiro atoms. The van der Waals surface area contributed by atoms with Gasteiger partial charge in [-0.15, -0.1) is 0 Å². The molecule has 1 N–H and O–H groups in total. The van der Waals surface area contributed by atoms with Crippen LogP contribution in [0.15, 0.2) is 18.2 Å². The minimum absolute atomic E-state index is 0.00242. The van der Waals surface area contributed by atoms with E-state index in [-0.39, 0.29) is 29.9 Å². The van der Waals surface area contributed by atoms with Crippen molar-refractivity contribution in [1.82, 2.24) is 0 Å². The highest BCUT2D eigenvalue weighted by atomic mass is 17.2. The molecule has 0 fully saturated rings. The van der Waals surface area contributed by atoms with Crippen molar-refractivity contribution in [3.05, 3.63) is 29.3 Å². The van der Waals surface area contributed by atoms with Gasteiger partial charge in [-0.25, -0.2) is 9.59 Å². The zero-order valence-corrected chi connectivity index (χ0v) is 16.5. The third kappa shape index (κ3) is 6.90. The van der Waals surface area contributed by atoms with E-state index in [0.717, 1.165) is 0 Å². The van der Waals surface area contributed by atoms with Crippen LogP contribution in [0.1, 0.15) is 57.5 Å². The van der Waals surface area contributed by atoms with Crippen LogP contribution in [0, 0.1) is 5.41 Å². The van der Waals surface area contributed by atoms with Crippen LogP contribution >= 0.6 is 0 Å². The van der Waals surface area contributed by atoms with Crippen LogP contribution in [0.3, 0.4) is 0 Å². The van der Waals surface area contributed by atoms with Crippen molar-refractivity contribution >= 4 is 18.1 Å². The maximum Gasteiger partial charge on any atom is 0.546 e. The lowest BCUT2D eigenvalue weighted by Crippen LogP contribution is -2.28. The first kappa shape index (κ1) is 22.4. The molecule has 8 heteroatoms. The van der Waals surface area contributed by atoms with Gasteiger partial charge in [0.05, 0.1) is 17.6 Å². The van der Waals surface area contributed by atoms with E-state index in [2.05, 4.69) is 4.89 Å². The number of aliphatic carboxylic acids is 1. The van der Waals surface area contributed by atoms with Gasteiger partial charge in [0.25, 0.3) is 0 Å². The number of carboxylic acid groups (broad SMARTS) is 1. The topological polar surface area (TPSA) is 108 Å². The third-order valence-electron chi connectivity index (χ3n) is 3.38. The number of ether oxygens (including phenoxy) is 2. The second kappa shape index (κ2) is 8.85. The maximum absolute atomic E-state index is 12.3. The van der Waals surface area contributed by atoms with E-state index >= 15 is 0 Å². The Bertz CT molecular complexity index is 700. The number of carbonyl (C=O) groups is 3. The van der Waals surface area contributed by atoms with Crippen molar-refractivity contribution in [3.8, 4) is 5.75 Å². The summed E-state index contributed by atoms with van der Waals surface area (Å²) in [6.45, 7) is 9.85. The molecule has 0 heterocycles. The van der Waals surface area contributed by atoms with Crippen molar-refractivity contribution < 1.29 is 38.7 Å². The number of hydrogen-bond donors (Lipinski definition) is 1. The highest BCUT2D eigenvalue weighted by Gasteiger charge is 2.32. The van der Waals surface area contributed by atoms with Crippen LogP contribution in [0.2, 0.25) is 0 Å². The van der Waals surface area contributed by atoms with Crippen molar-refractivity contribution in [2.24, 2.45) is 5.41 Å². The molecule has 0 saturated heterocycles. The van der Waals surface area contributed by atoms with Gasteiger partial charge in [-0.05, 0) is 60.1 Å². The molecule has 0 saturated carbocycles. The molecular formula is C19H26O8. The van der Waals surface area contributed by atoms with Gasteiger partial charge in [0.15, 0.2) is 0 Å². The van der Waals surface area contributed by atoms with Gasteiger partial charge < -0.3 is 14.6 Å². The Morgan fingerprint density at radius 2 is 1.70 bits per heavy atom. The van der Waals surface area contributed by atoms with Gasteiger partial charge in [-0.3, -0.25) is 9.68 Å². The van der Waals surface area contributed by atoms with Crippen LogP contribution in [-0.4, -0.2) is 35.4 Å². The predicted octanol–water partition coefficient (Wildman–Crippen LogP) is 3.76. The number of esters is 1. The molecule has 0 aliphatic heterocycles. The maximum atomic E-state index is 12.3. The first-order valence-electron chi connectivity index (χ1n) is 8.47. The zero-order chi connectivity index (χ0) is 20.8. The lowest BCUT2D eigenvalue weighted by Gasteiger charge is -2.22. The Labute approximate surface area is 158 Å². The third-order valence-corrected chi connectivity index (χ3v) is 3.38. The highest BCUT2D eigenvalue weighted by molar-refractivity contribution is 5.92. The molecule has 0 radical (unpaired) electrons. The summed E-state index contributed by atoms with van der Waals surface area (Å²) in [5, 5.41) is 9.41. The fraction of sp³-hybridized carbons (Fsp3) is 0.526. The summed E-state index contributed by atoms with van der Waals surface area (Å²) in [7, 11) is 0. The summed E-state index contributed by atoms with van der Waals surface area (Å²) >= 11 is 0. The Morgan fingerprint density at radius 1 is 1.07 bits per heavy atom. The number of benzene rings is 1. The molecule has 1 rings (SSSR count). The van der Waals surface area contributed by atoms with Crippen LogP contribution in [-0.2, 0) is 25.7 Å². The molecule has 150 valence electrons. The van der Waals surface area contributed by atoms with Crippen molar-refractivity contribution in [3.63, 3.8) is 0 Å². The van der Waals surface area contributed by atoms with Crippen LogP contribution in [0.5, 0.6) is 5.75 Å². The van der Waals surface area contributed by atoms with Gasteiger partial charge in [0.2, 0.25) is 0 Å². The smallest absolute Gasteiger partial charge is 0.481 e. The Hall–Kier alpha value is -2.61. The van der Waals surface area contributed by atoms with Crippen LogP contribution in [0.25, 0.3) is 0 Å². The second-order valence-corrected chi connectivity index (χ2v) is 7.50. The number of hydrogen-bond acceptors (Lipinski definition) is 7. The summed E-state index contributed by atoms with van der Waals surface area (Å²) in [5.74, 6) is -1.71. The molecule has 0 unspecified atom stereocenters. The molecule has 0 atom stereocenters. The van der Waals surface area contributed by atoms with Crippen LogP contribution < -0.4 is 4.74 Å². The molecule has 0 aliphatic carbocycles. The van der Waals surface area contributed by atoms with E-state index < -0.39 is 29.1 Å². The Balaban J connectivity index is 3.22. The van der Waals surface area contributed by atoms with E-state index in [0.29, 0.717) is 0 Å². The predicted molar refractivity (Wildman–Crippen MR) is 95.5 cm³/mol. The quantitative estimate of drug-likeness (QED) is 0.329. The molecular weight excluding hydrogens is 356 g/mol. The second-order valence-electron chi connectivity index (χ2n) is 7.50. The van der Waals surface area contributed by atoms with Gasteiger partial charge in [0.1, 0.15) is 11.4 Å². The van der Waals surface area contributed by atoms with Gasteiger partial charge in [-0.1, -0.05) is 6.07 Å². The fourth-order valence-corrected chi connectivity index (χ4v) is 2.03. The highest BCUT2D eigenvalue weighted by Crippen LogP contribution is 2.32. The minimum Gasteiger partial charge on any atom is -0.481 e. The van der Waals surface area contributed by atoms with E-state index in [4.69, 9.17) is 14.4 Å². The molecule has 1 aromatic rings. The first-order chi connectivity index (χ1) is 12.4. The molecule has 8 nitrogen and oxygen atoms in total. The minimum atomic E-state index is -1.22. The van der Waals surface area contributed by atoms with E-state index in [1.807, 2.05) is 0 Å². The molecule has 0 amide bonds. The van der Waals surface area contributed by atoms with Crippen molar-refractivity contribution in [2.45, 2.75) is 53.6 Å². The van der Waals surface area contributed by atoms with Gasteiger partial charge in [-0.2, -0.15) is 4.89 Å². The number of carbonyl (C=O) groups excluding carboxylic acids is 2. The van der Waals surface area contributed by atoms with Crippen molar-refractivity contribution in [2.75, 3.05) is 6.61 Å². The van der Waals surface area contributed by atoms with Crippen molar-refractivity contribution in [1.29, 1.82) is 0 Å². The van der Waals surface area contributed by atoms with Gasteiger partial charge in [0, 0.05) is 5.56 Å². The lowest BCUT2D eigenvalue weighted by atomic mass is 9.84. The van der Waals surface area contributed by atoms with Crippen LogP contribution in [0.4, 0.5) is 4.79 Å².